The minimum atomic E-state index is -4.23. The lowest BCUT2D eigenvalue weighted by molar-refractivity contribution is -0.0320. The highest BCUT2D eigenvalue weighted by molar-refractivity contribution is 8.07. The Labute approximate surface area is 242 Å². The number of aromatic nitrogens is 8. The van der Waals surface area contributed by atoms with Crippen LogP contribution in [0.1, 0.15) is 31.5 Å². The Hall–Kier alpha value is -2.94. The first-order chi connectivity index (χ1) is 20.1. The van der Waals surface area contributed by atoms with E-state index >= 15 is 0 Å². The van der Waals surface area contributed by atoms with Gasteiger partial charge in [0.25, 0.3) is 5.56 Å². The van der Waals surface area contributed by atoms with Gasteiger partial charge >= 0.3 is 17.0 Å². The van der Waals surface area contributed by atoms with Crippen molar-refractivity contribution in [3.63, 3.8) is 0 Å². The number of nitrogens with two attached hydrogens (primary N) is 1. The Morgan fingerprint density at radius 2 is 1.95 bits per heavy atom. The number of hydrogen-bond acceptors (Lipinski definition) is 14. The van der Waals surface area contributed by atoms with Crippen molar-refractivity contribution in [3.05, 3.63) is 35.5 Å². The molecule has 7 atom stereocenters. The van der Waals surface area contributed by atoms with Gasteiger partial charge in [0.1, 0.15) is 17.9 Å². The van der Waals surface area contributed by atoms with Gasteiger partial charge in [-0.1, -0.05) is 0 Å². The van der Waals surface area contributed by atoms with Gasteiger partial charge in [-0.2, -0.15) is 18.1 Å². The highest BCUT2D eigenvalue weighted by Gasteiger charge is 2.45. The SMILES string of the molecule is Nc1nc2c(ncn2[C@@H]2O[C@@H]3CNS(=O)(=O)O[C@H]4C[C@H](n5cnc6cncnc65)C[C@@H]4COP(O)(=S)O[C@@H]2C3)c(=O)[nH]1. The largest absolute Gasteiger partial charge is 0.369 e. The van der Waals surface area contributed by atoms with Crippen molar-refractivity contribution >= 4 is 57.1 Å². The molecule has 2 bridgehead atoms. The van der Waals surface area contributed by atoms with Gasteiger partial charge in [-0.25, -0.2) is 19.9 Å². The summed E-state index contributed by atoms with van der Waals surface area (Å²) in [7, 11) is -4.23. The predicted molar refractivity (Wildman–Crippen MR) is 147 cm³/mol. The molecule has 2 saturated heterocycles. The van der Waals surface area contributed by atoms with E-state index in [2.05, 4.69) is 34.6 Å². The lowest BCUT2D eigenvalue weighted by atomic mass is 10.1. The summed E-state index contributed by atoms with van der Waals surface area (Å²) in [6.45, 7) is -4.17. The second-order valence-electron chi connectivity index (χ2n) is 10.3. The summed E-state index contributed by atoms with van der Waals surface area (Å²) >= 11 is 5.36. The van der Waals surface area contributed by atoms with Crippen LogP contribution in [-0.4, -0.2) is 83.8 Å². The molecule has 4 aromatic rings. The highest BCUT2D eigenvalue weighted by atomic mass is 32.5. The summed E-state index contributed by atoms with van der Waals surface area (Å²) in [5.41, 5.74) is 6.51. The molecule has 3 fully saturated rings. The van der Waals surface area contributed by atoms with Crippen molar-refractivity contribution in [2.75, 3.05) is 18.9 Å². The summed E-state index contributed by atoms with van der Waals surface area (Å²) < 4.78 is 55.2. The zero-order valence-corrected chi connectivity index (χ0v) is 24.1. The number of H-pyrrole nitrogens is 1. The molecule has 1 unspecified atom stereocenters. The van der Waals surface area contributed by atoms with Crippen molar-refractivity contribution in [2.24, 2.45) is 5.92 Å². The van der Waals surface area contributed by atoms with E-state index in [1.165, 1.54) is 17.2 Å². The van der Waals surface area contributed by atoms with Gasteiger partial charge in [0.05, 0.1) is 37.7 Å². The third-order valence-corrected chi connectivity index (χ3v) is 10.2. The standard InChI is InChI=1S/C21H25N10O8PS2/c22-21-28-18-16(19(32)29-21)26-9-31(18)20-15-3-12(37-20)4-27-42(34,35)39-14-2-11(1-10(14)6-36-40(33,41)38-15)30-8-25-13-5-23-7-24-17(13)30/h5,7-12,14-15,20,27H,1-4,6H2,(H,33,41)(H3,22,28,29,32)/t10-,11-,12+,14+,15-,20-,40?/m1/s1. The maximum atomic E-state index is 13.0. The second-order valence-corrected chi connectivity index (χ2v) is 14.5. The lowest BCUT2D eigenvalue weighted by Gasteiger charge is -2.26. The Kier molecular flexibility index (Phi) is 6.87. The summed E-state index contributed by atoms with van der Waals surface area (Å²) in [5.74, 6) is -0.602. The minimum Gasteiger partial charge on any atom is -0.369 e. The Balaban J connectivity index is 1.17. The Morgan fingerprint density at radius 3 is 2.81 bits per heavy atom. The number of hydrogen-bond donors (Lipinski definition) is 4. The van der Waals surface area contributed by atoms with Gasteiger partial charge in [0.2, 0.25) is 5.95 Å². The van der Waals surface area contributed by atoms with E-state index in [-0.39, 0.29) is 42.7 Å². The maximum Gasteiger partial charge on any atom is 0.336 e. The number of nitrogen functional groups attached to an aromatic ring is 1. The van der Waals surface area contributed by atoms with Crippen LogP contribution in [0.25, 0.3) is 22.3 Å². The lowest BCUT2D eigenvalue weighted by Crippen LogP contribution is -2.37. The number of anilines is 1. The van der Waals surface area contributed by atoms with Crippen molar-refractivity contribution < 1.29 is 31.3 Å². The van der Waals surface area contributed by atoms with Gasteiger partial charge in [-0.15, -0.1) is 0 Å². The molecule has 21 heteroatoms. The van der Waals surface area contributed by atoms with E-state index in [4.69, 9.17) is 35.5 Å². The molecule has 224 valence electrons. The first-order valence-corrected chi connectivity index (χ1v) is 16.9. The van der Waals surface area contributed by atoms with Gasteiger partial charge < -0.3 is 29.0 Å². The van der Waals surface area contributed by atoms with Crippen molar-refractivity contribution in [3.8, 4) is 0 Å². The summed E-state index contributed by atoms with van der Waals surface area (Å²) in [6, 6.07) is -0.217. The predicted octanol–water partition coefficient (Wildman–Crippen LogP) is -0.368. The average molecular weight is 641 g/mol. The van der Waals surface area contributed by atoms with E-state index in [0.29, 0.717) is 24.0 Å². The molecule has 2 aliphatic heterocycles. The van der Waals surface area contributed by atoms with Gasteiger partial charge in [-0.3, -0.25) is 18.5 Å². The molecule has 1 aliphatic carbocycles. The third kappa shape index (κ3) is 5.22. The first kappa shape index (κ1) is 27.9. The minimum absolute atomic E-state index is 0.0113. The zero-order chi connectivity index (χ0) is 29.2. The topological polar surface area (TPSA) is 237 Å². The van der Waals surface area contributed by atoms with Crippen molar-refractivity contribution in [1.29, 1.82) is 0 Å². The van der Waals surface area contributed by atoms with Crippen LogP contribution >= 0.6 is 6.72 Å². The molecule has 4 aromatic heterocycles. The summed E-state index contributed by atoms with van der Waals surface area (Å²) in [5, 5.41) is 0. The molecule has 0 aromatic carbocycles. The fourth-order valence-corrected chi connectivity index (χ4v) is 8.24. The number of imidazole rings is 2. The molecule has 5 N–H and O–H groups in total. The van der Waals surface area contributed by atoms with Gasteiger partial charge in [0, 0.05) is 24.9 Å². The maximum absolute atomic E-state index is 13.0. The Morgan fingerprint density at radius 1 is 1.12 bits per heavy atom. The van der Waals surface area contributed by atoms with Crippen LogP contribution in [0.2, 0.25) is 0 Å². The van der Waals surface area contributed by atoms with Crippen LogP contribution in [0, 0.1) is 5.92 Å². The molecule has 0 amide bonds. The molecule has 3 aliphatic rings. The number of rotatable bonds is 2. The monoisotopic (exact) mass is 640 g/mol. The number of nitrogens with one attached hydrogen (secondary N) is 2. The summed E-state index contributed by atoms with van der Waals surface area (Å²) in [4.78, 5) is 46.6. The van der Waals surface area contributed by atoms with Crippen molar-refractivity contribution in [1.82, 2.24) is 43.8 Å². The van der Waals surface area contributed by atoms with E-state index < -0.39 is 53.0 Å². The van der Waals surface area contributed by atoms with E-state index in [0.717, 1.165) is 0 Å². The Bertz CT molecular complexity index is 1880. The van der Waals surface area contributed by atoms with E-state index in [9.17, 15) is 18.1 Å². The molecular weight excluding hydrogens is 615 g/mol. The molecule has 18 nitrogen and oxygen atoms in total. The summed E-state index contributed by atoms with van der Waals surface area (Å²) in [6.07, 6.45) is 3.42. The normalized spacial score (nSPS) is 33.6. The number of nitrogens with zero attached hydrogens (tertiary/aromatic N) is 7. The van der Waals surface area contributed by atoms with Gasteiger partial charge in [0.15, 0.2) is 23.0 Å². The third-order valence-electron chi connectivity index (χ3n) is 7.57. The van der Waals surface area contributed by atoms with E-state index in [1.807, 2.05) is 4.57 Å². The molecule has 6 heterocycles. The van der Waals surface area contributed by atoms with Gasteiger partial charge in [-0.05, 0) is 24.6 Å². The van der Waals surface area contributed by atoms with E-state index in [1.54, 1.807) is 12.5 Å². The molecule has 42 heavy (non-hydrogen) atoms. The van der Waals surface area contributed by atoms with Crippen molar-refractivity contribution in [2.45, 2.75) is 49.8 Å². The van der Waals surface area contributed by atoms with Crippen LogP contribution in [0.3, 0.4) is 0 Å². The van der Waals surface area contributed by atoms with Crippen LogP contribution < -0.4 is 16.0 Å². The molecular formula is C21H25N10O8PS2. The fraction of sp³-hybridized carbons (Fsp3) is 0.524. The molecule has 0 spiro atoms. The smallest absolute Gasteiger partial charge is 0.336 e. The fourth-order valence-electron chi connectivity index (χ4n) is 5.73. The van der Waals surface area contributed by atoms with Crippen LogP contribution in [0.5, 0.6) is 0 Å². The second kappa shape index (κ2) is 10.4. The van der Waals surface area contributed by atoms with Crippen LogP contribution in [-0.2, 0) is 40.1 Å². The van der Waals surface area contributed by atoms with Crippen LogP contribution in [0.4, 0.5) is 5.95 Å². The first-order valence-electron chi connectivity index (χ1n) is 12.9. The number of aromatic amines is 1. The molecule has 7 rings (SSSR count). The number of ether oxygens (including phenoxy) is 1. The zero-order valence-electron chi connectivity index (χ0n) is 21.6. The quantitative estimate of drug-likeness (QED) is 0.205. The molecule has 1 saturated carbocycles. The molecule has 0 radical (unpaired) electrons. The number of fused-ring (bicyclic) bond motifs is 5. The highest BCUT2D eigenvalue weighted by Crippen LogP contribution is 2.51. The van der Waals surface area contributed by atoms with Crippen LogP contribution in [0.15, 0.2) is 30.0 Å². The average Bonchev–Trinajstić information content (AvgIpc) is 3.70.